The highest BCUT2D eigenvalue weighted by Crippen LogP contribution is 2.37. The maximum absolute atomic E-state index is 10.5. The Morgan fingerprint density at radius 1 is 0.933 bits per heavy atom. The highest BCUT2D eigenvalue weighted by molar-refractivity contribution is 5.99. The van der Waals surface area contributed by atoms with Crippen molar-refractivity contribution in [3.05, 3.63) is 42.5 Å². The van der Waals surface area contributed by atoms with Gasteiger partial charge in [-0.3, -0.25) is 0 Å². The van der Waals surface area contributed by atoms with Crippen molar-refractivity contribution in [3.8, 4) is 22.8 Å². The number of phenols is 2. The van der Waals surface area contributed by atoms with Gasteiger partial charge in [-0.25, -0.2) is 0 Å². The van der Waals surface area contributed by atoms with Gasteiger partial charge >= 0.3 is 0 Å². The Balaban J connectivity index is 1.66. The largest absolute Gasteiger partial charge is 0.508 e. The van der Waals surface area contributed by atoms with Crippen LogP contribution in [-0.4, -0.2) is 44.6 Å². The summed E-state index contributed by atoms with van der Waals surface area (Å²) in [4.78, 5) is 2.20. The Labute approximate surface area is 177 Å². The maximum Gasteiger partial charge on any atom is 0.151 e. The van der Waals surface area contributed by atoms with Crippen LogP contribution in [0.25, 0.3) is 22.0 Å². The predicted octanol–water partition coefficient (Wildman–Crippen LogP) is 4.45. The van der Waals surface area contributed by atoms with E-state index in [0.29, 0.717) is 17.3 Å². The molecule has 0 radical (unpaired) electrons. The lowest BCUT2D eigenvalue weighted by molar-refractivity contribution is 0.160. The zero-order valence-electron chi connectivity index (χ0n) is 18.3. The number of aromatic hydroxyl groups is 2. The molecule has 1 aliphatic rings. The van der Waals surface area contributed by atoms with Crippen LogP contribution in [0.2, 0.25) is 0 Å². The van der Waals surface area contributed by atoms with Gasteiger partial charge in [0, 0.05) is 24.2 Å². The Hall–Kier alpha value is -2.86. The summed E-state index contributed by atoms with van der Waals surface area (Å²) in [5.41, 5.74) is 1.25. The van der Waals surface area contributed by atoms with Gasteiger partial charge in [0.2, 0.25) is 0 Å². The molecule has 1 aromatic heterocycles. The molecule has 1 fully saturated rings. The summed E-state index contributed by atoms with van der Waals surface area (Å²) in [5.74, 6) is 1.07. The number of hydrogen-bond acceptors (Lipinski definition) is 6. The molecule has 1 aliphatic heterocycles. The van der Waals surface area contributed by atoms with E-state index in [0.717, 1.165) is 29.4 Å². The van der Waals surface area contributed by atoms with Crippen molar-refractivity contribution in [2.75, 3.05) is 11.9 Å². The smallest absolute Gasteiger partial charge is 0.151 e. The fourth-order valence-electron chi connectivity index (χ4n) is 4.94. The first-order chi connectivity index (χ1) is 14.0. The van der Waals surface area contributed by atoms with E-state index in [1.54, 1.807) is 18.2 Å². The summed E-state index contributed by atoms with van der Waals surface area (Å²) < 4.78 is 0. The van der Waals surface area contributed by atoms with Gasteiger partial charge < -0.3 is 20.4 Å². The molecule has 0 amide bonds. The normalized spacial score (nSPS) is 18.4. The summed E-state index contributed by atoms with van der Waals surface area (Å²) >= 11 is 0. The van der Waals surface area contributed by atoms with Crippen molar-refractivity contribution >= 4 is 16.6 Å². The molecule has 6 nitrogen and oxygen atoms in total. The SMILES string of the molecule is CN(c1ccc(-c2c(O)ccc3ccc(O)cc23)nn1)C1CC(C)(C)NC(C)(C)C1. The molecule has 3 aromatic rings. The summed E-state index contributed by atoms with van der Waals surface area (Å²) in [6.07, 6.45) is 2.03. The third kappa shape index (κ3) is 3.92. The van der Waals surface area contributed by atoms with Crippen molar-refractivity contribution < 1.29 is 10.2 Å². The zero-order valence-corrected chi connectivity index (χ0v) is 18.3. The molecule has 2 heterocycles. The molecule has 6 heteroatoms. The first kappa shape index (κ1) is 20.4. The zero-order chi connectivity index (χ0) is 21.7. The summed E-state index contributed by atoms with van der Waals surface area (Å²) in [6, 6.07) is 12.8. The van der Waals surface area contributed by atoms with E-state index in [1.807, 2.05) is 24.3 Å². The van der Waals surface area contributed by atoms with Crippen molar-refractivity contribution in [1.82, 2.24) is 15.5 Å². The molecule has 0 atom stereocenters. The van der Waals surface area contributed by atoms with E-state index in [2.05, 4.69) is 55.2 Å². The van der Waals surface area contributed by atoms with Crippen LogP contribution in [0.1, 0.15) is 40.5 Å². The second-order valence-corrected chi connectivity index (χ2v) is 9.71. The third-order valence-electron chi connectivity index (χ3n) is 5.97. The standard InChI is InChI=1S/C24H30N4O2/c1-23(2)13-16(14-24(3,4)27-23)28(5)21-11-9-19(25-26-21)22-18-12-17(29)8-6-15(18)7-10-20(22)30/h6-12,16,27,29-30H,13-14H2,1-5H3. The minimum Gasteiger partial charge on any atom is -0.508 e. The molecule has 4 rings (SSSR count). The molecule has 2 aromatic carbocycles. The topological polar surface area (TPSA) is 81.5 Å². The fraction of sp³-hybridized carbons (Fsp3) is 0.417. The number of phenolic OH excluding ortho intramolecular Hbond substituents is 2. The lowest BCUT2D eigenvalue weighted by Crippen LogP contribution is -2.62. The van der Waals surface area contributed by atoms with Gasteiger partial charge in [-0.15, -0.1) is 10.2 Å². The van der Waals surface area contributed by atoms with Gasteiger partial charge in [-0.2, -0.15) is 0 Å². The second kappa shape index (κ2) is 7.13. The molecule has 0 unspecified atom stereocenters. The summed E-state index contributed by atoms with van der Waals surface area (Å²) in [7, 11) is 2.07. The van der Waals surface area contributed by atoms with Gasteiger partial charge in [-0.05, 0) is 81.6 Å². The lowest BCUT2D eigenvalue weighted by atomic mass is 9.79. The molecular weight excluding hydrogens is 376 g/mol. The van der Waals surface area contributed by atoms with Crippen LogP contribution in [0.15, 0.2) is 42.5 Å². The van der Waals surface area contributed by atoms with Crippen LogP contribution in [0, 0.1) is 0 Å². The lowest BCUT2D eigenvalue weighted by Gasteiger charge is -2.49. The second-order valence-electron chi connectivity index (χ2n) is 9.71. The van der Waals surface area contributed by atoms with Crippen LogP contribution in [0.5, 0.6) is 11.5 Å². The molecule has 0 spiro atoms. The summed E-state index contributed by atoms with van der Waals surface area (Å²) in [5, 5.41) is 34.7. The Morgan fingerprint density at radius 3 is 2.23 bits per heavy atom. The van der Waals surface area contributed by atoms with Crippen molar-refractivity contribution in [2.24, 2.45) is 0 Å². The van der Waals surface area contributed by atoms with E-state index in [-0.39, 0.29) is 22.6 Å². The summed E-state index contributed by atoms with van der Waals surface area (Å²) in [6.45, 7) is 8.95. The fourth-order valence-corrected chi connectivity index (χ4v) is 4.94. The van der Waals surface area contributed by atoms with Gasteiger partial charge in [0.1, 0.15) is 11.5 Å². The van der Waals surface area contributed by atoms with Crippen LogP contribution >= 0.6 is 0 Å². The van der Waals surface area contributed by atoms with Crippen LogP contribution < -0.4 is 10.2 Å². The number of nitrogens with one attached hydrogen (secondary N) is 1. The minimum atomic E-state index is 0.0464. The number of aromatic nitrogens is 2. The Morgan fingerprint density at radius 2 is 1.60 bits per heavy atom. The number of hydrogen-bond donors (Lipinski definition) is 3. The van der Waals surface area contributed by atoms with Gasteiger partial charge in [-0.1, -0.05) is 12.1 Å². The highest BCUT2D eigenvalue weighted by atomic mass is 16.3. The van der Waals surface area contributed by atoms with E-state index >= 15 is 0 Å². The molecule has 1 saturated heterocycles. The highest BCUT2D eigenvalue weighted by Gasteiger charge is 2.39. The molecule has 0 saturated carbocycles. The third-order valence-corrected chi connectivity index (χ3v) is 5.97. The van der Waals surface area contributed by atoms with Crippen molar-refractivity contribution in [2.45, 2.75) is 57.7 Å². The van der Waals surface area contributed by atoms with E-state index in [9.17, 15) is 10.2 Å². The quantitative estimate of drug-likeness (QED) is 0.596. The van der Waals surface area contributed by atoms with Gasteiger partial charge in [0.05, 0.1) is 11.3 Å². The number of fused-ring (bicyclic) bond motifs is 1. The van der Waals surface area contributed by atoms with Crippen molar-refractivity contribution in [3.63, 3.8) is 0 Å². The Bertz CT molecular complexity index is 1060. The first-order valence-electron chi connectivity index (χ1n) is 10.4. The van der Waals surface area contributed by atoms with E-state index in [4.69, 9.17) is 0 Å². The molecule has 0 bridgehead atoms. The van der Waals surface area contributed by atoms with E-state index in [1.165, 1.54) is 0 Å². The van der Waals surface area contributed by atoms with Crippen LogP contribution in [0.4, 0.5) is 5.82 Å². The molecular formula is C24H30N4O2. The first-order valence-corrected chi connectivity index (χ1v) is 10.4. The number of benzene rings is 2. The predicted molar refractivity (Wildman–Crippen MR) is 121 cm³/mol. The van der Waals surface area contributed by atoms with Gasteiger partial charge in [0.15, 0.2) is 5.82 Å². The van der Waals surface area contributed by atoms with E-state index < -0.39 is 0 Å². The average molecular weight is 407 g/mol. The Kier molecular flexibility index (Phi) is 4.85. The van der Waals surface area contributed by atoms with Crippen LogP contribution in [0.3, 0.4) is 0 Å². The molecule has 30 heavy (non-hydrogen) atoms. The number of piperidine rings is 1. The van der Waals surface area contributed by atoms with Gasteiger partial charge in [0.25, 0.3) is 0 Å². The molecule has 3 N–H and O–H groups in total. The number of rotatable bonds is 3. The van der Waals surface area contributed by atoms with Crippen LogP contribution in [-0.2, 0) is 0 Å². The number of anilines is 1. The van der Waals surface area contributed by atoms with Crippen molar-refractivity contribution in [1.29, 1.82) is 0 Å². The maximum atomic E-state index is 10.5. The molecule has 158 valence electrons. The average Bonchev–Trinajstić information content (AvgIpc) is 2.65. The monoisotopic (exact) mass is 406 g/mol. The minimum absolute atomic E-state index is 0.0464. The molecule has 0 aliphatic carbocycles. The number of nitrogens with zero attached hydrogens (tertiary/aromatic N) is 3.